The van der Waals surface area contributed by atoms with Crippen LogP contribution in [0.15, 0.2) is 24.3 Å². The highest BCUT2D eigenvalue weighted by Crippen LogP contribution is 2.25. The Kier molecular flexibility index (Phi) is 5.05. The van der Waals surface area contributed by atoms with Crippen LogP contribution in [-0.4, -0.2) is 46.6 Å². The maximum Gasteiger partial charge on any atom is 0.240 e. The number of para-hydroxylation sites is 1. The summed E-state index contributed by atoms with van der Waals surface area (Å²) in [6, 6.07) is 7.99. The summed E-state index contributed by atoms with van der Waals surface area (Å²) in [5, 5.41) is 12.4. The van der Waals surface area contributed by atoms with Crippen LogP contribution in [0.1, 0.15) is 13.8 Å². The maximum atomic E-state index is 12.0. The molecule has 0 aliphatic heterocycles. The Morgan fingerprint density at radius 1 is 1.45 bits per heavy atom. The number of amides is 1. The van der Waals surface area contributed by atoms with Gasteiger partial charge in [-0.15, -0.1) is 0 Å². The highest BCUT2D eigenvalue weighted by atomic mass is 32.1. The van der Waals surface area contributed by atoms with Crippen molar-refractivity contribution in [2.75, 3.05) is 25.0 Å². The smallest absolute Gasteiger partial charge is 0.240 e. The van der Waals surface area contributed by atoms with Crippen molar-refractivity contribution >= 4 is 32.6 Å². The van der Waals surface area contributed by atoms with Gasteiger partial charge in [0, 0.05) is 12.6 Å². The molecule has 6 heteroatoms. The lowest BCUT2D eigenvalue weighted by Gasteiger charge is -2.24. The number of nitrogens with one attached hydrogen (secondary N) is 1. The average molecular weight is 293 g/mol. The standard InChI is InChI=1S/C14H19N3O2S/c1-10(2)17(7-8-18)9-13(19)16-14-15-11-5-3-4-6-12(11)20-14/h3-6,10,18H,7-9H2,1-2H3,(H,15,16,19). The van der Waals surface area contributed by atoms with E-state index in [4.69, 9.17) is 5.11 Å². The molecule has 0 atom stereocenters. The van der Waals surface area contributed by atoms with Crippen LogP contribution < -0.4 is 5.32 Å². The first-order chi connectivity index (χ1) is 9.60. The van der Waals surface area contributed by atoms with E-state index in [9.17, 15) is 4.79 Å². The molecule has 0 aliphatic carbocycles. The number of aromatic nitrogens is 1. The number of hydrogen-bond acceptors (Lipinski definition) is 5. The van der Waals surface area contributed by atoms with Crippen molar-refractivity contribution in [3.05, 3.63) is 24.3 Å². The molecule has 0 unspecified atom stereocenters. The van der Waals surface area contributed by atoms with Crippen LogP contribution in [0.25, 0.3) is 10.2 Å². The molecule has 0 saturated carbocycles. The number of rotatable bonds is 6. The molecule has 0 spiro atoms. The van der Waals surface area contributed by atoms with Crippen LogP contribution >= 0.6 is 11.3 Å². The van der Waals surface area contributed by atoms with Gasteiger partial charge in [-0.2, -0.15) is 0 Å². The molecule has 1 aromatic heterocycles. The Labute approximate surface area is 122 Å². The minimum Gasteiger partial charge on any atom is -0.395 e. The van der Waals surface area contributed by atoms with Gasteiger partial charge in [0.2, 0.25) is 5.91 Å². The van der Waals surface area contributed by atoms with Gasteiger partial charge in [-0.25, -0.2) is 4.98 Å². The predicted octanol–water partition coefficient (Wildman–Crippen LogP) is 1.94. The van der Waals surface area contributed by atoms with Gasteiger partial charge in [0.05, 0.1) is 23.4 Å². The number of thiazole rings is 1. The van der Waals surface area contributed by atoms with E-state index in [0.717, 1.165) is 10.2 Å². The molecule has 0 radical (unpaired) electrons. The van der Waals surface area contributed by atoms with Crippen LogP contribution in [-0.2, 0) is 4.79 Å². The number of anilines is 1. The predicted molar refractivity (Wildman–Crippen MR) is 82.0 cm³/mol. The van der Waals surface area contributed by atoms with Gasteiger partial charge in [-0.3, -0.25) is 9.69 Å². The number of aliphatic hydroxyl groups excluding tert-OH is 1. The third-order valence-corrected chi connectivity index (χ3v) is 3.96. The van der Waals surface area contributed by atoms with Crippen molar-refractivity contribution in [3.63, 3.8) is 0 Å². The normalized spacial score (nSPS) is 11.4. The van der Waals surface area contributed by atoms with E-state index in [-0.39, 0.29) is 25.1 Å². The van der Waals surface area contributed by atoms with E-state index in [1.165, 1.54) is 11.3 Å². The molecule has 1 aromatic carbocycles. The van der Waals surface area contributed by atoms with E-state index in [0.29, 0.717) is 11.7 Å². The van der Waals surface area contributed by atoms with E-state index in [2.05, 4.69) is 10.3 Å². The van der Waals surface area contributed by atoms with Crippen LogP contribution in [0.5, 0.6) is 0 Å². The first kappa shape index (κ1) is 14.9. The topological polar surface area (TPSA) is 65.5 Å². The van der Waals surface area contributed by atoms with E-state index in [1.54, 1.807) is 0 Å². The van der Waals surface area contributed by atoms with Gasteiger partial charge in [0.15, 0.2) is 5.13 Å². The fraction of sp³-hybridized carbons (Fsp3) is 0.429. The second-order valence-electron chi connectivity index (χ2n) is 4.82. The molecule has 0 aliphatic rings. The number of fused-ring (bicyclic) bond motifs is 1. The summed E-state index contributed by atoms with van der Waals surface area (Å²) in [4.78, 5) is 18.3. The second-order valence-corrected chi connectivity index (χ2v) is 5.85. The minimum atomic E-state index is -0.105. The van der Waals surface area contributed by atoms with Crippen LogP contribution in [0.3, 0.4) is 0 Å². The van der Waals surface area contributed by atoms with Crippen molar-refractivity contribution in [2.24, 2.45) is 0 Å². The van der Waals surface area contributed by atoms with Gasteiger partial charge in [0.1, 0.15) is 0 Å². The molecule has 108 valence electrons. The summed E-state index contributed by atoms with van der Waals surface area (Å²) in [5.74, 6) is -0.105. The zero-order valence-corrected chi connectivity index (χ0v) is 12.5. The number of nitrogens with zero attached hydrogens (tertiary/aromatic N) is 2. The summed E-state index contributed by atoms with van der Waals surface area (Å²) in [5.41, 5.74) is 0.892. The molecule has 1 heterocycles. The van der Waals surface area contributed by atoms with Gasteiger partial charge in [-0.1, -0.05) is 23.5 Å². The highest BCUT2D eigenvalue weighted by Gasteiger charge is 2.14. The average Bonchev–Trinajstić information content (AvgIpc) is 2.79. The van der Waals surface area contributed by atoms with Crippen molar-refractivity contribution in [1.82, 2.24) is 9.88 Å². The first-order valence-corrected chi connectivity index (χ1v) is 7.42. The molecule has 0 fully saturated rings. The molecule has 1 amide bonds. The van der Waals surface area contributed by atoms with Crippen LogP contribution in [0, 0.1) is 0 Å². The summed E-state index contributed by atoms with van der Waals surface area (Å²) < 4.78 is 1.05. The largest absolute Gasteiger partial charge is 0.395 e. The Morgan fingerprint density at radius 3 is 2.85 bits per heavy atom. The third kappa shape index (κ3) is 3.75. The SMILES string of the molecule is CC(C)N(CCO)CC(=O)Nc1nc2ccccc2s1. The van der Waals surface area contributed by atoms with Crippen LogP contribution in [0.4, 0.5) is 5.13 Å². The van der Waals surface area contributed by atoms with E-state index < -0.39 is 0 Å². The van der Waals surface area contributed by atoms with Crippen molar-refractivity contribution in [3.8, 4) is 0 Å². The summed E-state index contributed by atoms with van der Waals surface area (Å²) >= 11 is 1.46. The molecule has 2 rings (SSSR count). The number of carbonyl (C=O) groups is 1. The van der Waals surface area contributed by atoms with E-state index >= 15 is 0 Å². The highest BCUT2D eigenvalue weighted by molar-refractivity contribution is 7.22. The number of aliphatic hydroxyl groups is 1. The lowest BCUT2D eigenvalue weighted by atomic mass is 10.3. The van der Waals surface area contributed by atoms with Gasteiger partial charge in [-0.05, 0) is 26.0 Å². The van der Waals surface area contributed by atoms with Gasteiger partial charge >= 0.3 is 0 Å². The third-order valence-electron chi connectivity index (χ3n) is 3.00. The molecular weight excluding hydrogens is 274 g/mol. The summed E-state index contributed by atoms with van der Waals surface area (Å²) in [7, 11) is 0. The Hall–Kier alpha value is -1.50. The molecule has 0 saturated heterocycles. The van der Waals surface area contributed by atoms with Crippen molar-refractivity contribution in [1.29, 1.82) is 0 Å². The quantitative estimate of drug-likeness (QED) is 0.854. The van der Waals surface area contributed by atoms with Gasteiger partial charge < -0.3 is 10.4 Å². The summed E-state index contributed by atoms with van der Waals surface area (Å²) in [6.07, 6.45) is 0. The monoisotopic (exact) mass is 293 g/mol. The van der Waals surface area contributed by atoms with Crippen molar-refractivity contribution < 1.29 is 9.90 Å². The molecule has 2 N–H and O–H groups in total. The molecular formula is C14H19N3O2S. The minimum absolute atomic E-state index is 0.0482. The fourth-order valence-electron chi connectivity index (χ4n) is 1.92. The Morgan fingerprint density at radius 2 is 2.20 bits per heavy atom. The van der Waals surface area contributed by atoms with Crippen LogP contribution in [0.2, 0.25) is 0 Å². The lowest BCUT2D eigenvalue weighted by Crippen LogP contribution is -2.39. The first-order valence-electron chi connectivity index (χ1n) is 6.60. The molecule has 20 heavy (non-hydrogen) atoms. The zero-order chi connectivity index (χ0) is 14.5. The number of benzene rings is 1. The lowest BCUT2D eigenvalue weighted by molar-refractivity contribution is -0.117. The van der Waals surface area contributed by atoms with E-state index in [1.807, 2.05) is 43.0 Å². The molecule has 5 nitrogen and oxygen atoms in total. The van der Waals surface area contributed by atoms with Crippen molar-refractivity contribution in [2.45, 2.75) is 19.9 Å². The fourth-order valence-corrected chi connectivity index (χ4v) is 2.80. The maximum absolute atomic E-state index is 12.0. The number of carbonyl (C=O) groups excluding carboxylic acids is 1. The number of hydrogen-bond donors (Lipinski definition) is 2. The Bertz CT molecular complexity index is 550. The Balaban J connectivity index is 2.00. The molecule has 0 bridgehead atoms. The summed E-state index contributed by atoms with van der Waals surface area (Å²) in [6.45, 7) is 4.80. The molecule has 2 aromatic rings. The van der Waals surface area contributed by atoms with Gasteiger partial charge in [0.25, 0.3) is 0 Å². The second kappa shape index (κ2) is 6.78. The zero-order valence-electron chi connectivity index (χ0n) is 11.7.